The average molecular weight is 292 g/mol. The maximum Gasteiger partial charge on any atom is 0.574 e. The Morgan fingerprint density at radius 3 is 2.39 bits per heavy atom. The van der Waals surface area contributed by atoms with Crippen LogP contribution >= 0.6 is 11.6 Å². The van der Waals surface area contributed by atoms with E-state index >= 15 is 0 Å². The molecule has 1 aromatic heterocycles. The van der Waals surface area contributed by atoms with Gasteiger partial charge in [0.25, 0.3) is 6.43 Å². The molecule has 0 unspecified atom stereocenters. The van der Waals surface area contributed by atoms with Crippen molar-refractivity contribution in [2.45, 2.75) is 12.8 Å². The maximum atomic E-state index is 12.5. The number of alkyl halides is 5. The van der Waals surface area contributed by atoms with Gasteiger partial charge in [-0.3, -0.25) is 0 Å². The first-order valence-corrected chi connectivity index (χ1v) is 4.47. The van der Waals surface area contributed by atoms with Crippen molar-refractivity contribution < 1.29 is 36.6 Å². The van der Waals surface area contributed by atoms with Gasteiger partial charge >= 0.3 is 12.3 Å². The number of hydrogen-bond donors (Lipinski definition) is 1. The lowest BCUT2D eigenvalue weighted by atomic mass is 10.2. The van der Waals surface area contributed by atoms with Gasteiger partial charge in [0.2, 0.25) is 5.88 Å². The molecule has 0 spiro atoms. The van der Waals surface area contributed by atoms with E-state index in [4.69, 9.17) is 16.7 Å². The highest BCUT2D eigenvalue weighted by atomic mass is 35.5. The molecule has 0 fully saturated rings. The lowest BCUT2D eigenvalue weighted by Gasteiger charge is -2.13. The minimum absolute atomic E-state index is 0.400. The Hall–Kier alpha value is -1.64. The topological polar surface area (TPSA) is 59.4 Å². The highest BCUT2D eigenvalue weighted by molar-refractivity contribution is 6.34. The van der Waals surface area contributed by atoms with Gasteiger partial charge in [-0.25, -0.2) is 18.6 Å². The van der Waals surface area contributed by atoms with Crippen LogP contribution in [-0.4, -0.2) is 22.4 Å². The molecule has 100 valence electrons. The van der Waals surface area contributed by atoms with Crippen LogP contribution in [-0.2, 0) is 0 Å². The summed E-state index contributed by atoms with van der Waals surface area (Å²) in [5.74, 6) is -3.18. The van der Waals surface area contributed by atoms with Gasteiger partial charge in [0.1, 0.15) is 0 Å². The van der Waals surface area contributed by atoms with E-state index in [-0.39, 0.29) is 0 Å². The Bertz CT molecular complexity index is 477. The Morgan fingerprint density at radius 2 is 2.00 bits per heavy atom. The van der Waals surface area contributed by atoms with E-state index in [0.29, 0.717) is 6.20 Å². The molecule has 1 rings (SSSR count). The van der Waals surface area contributed by atoms with Gasteiger partial charge in [0, 0.05) is 6.20 Å². The zero-order valence-electron chi connectivity index (χ0n) is 8.13. The fraction of sp³-hybridized carbons (Fsp3) is 0.250. The number of carboxylic acid groups (broad SMARTS) is 1. The summed E-state index contributed by atoms with van der Waals surface area (Å²) < 4.78 is 64.1. The molecule has 1 aromatic rings. The summed E-state index contributed by atoms with van der Waals surface area (Å²) in [6.45, 7) is 0. The first kappa shape index (κ1) is 14.4. The zero-order chi connectivity index (χ0) is 14.1. The molecular formula is C8H3ClF5NO3. The second-order valence-electron chi connectivity index (χ2n) is 2.86. The van der Waals surface area contributed by atoms with Crippen molar-refractivity contribution in [1.82, 2.24) is 4.98 Å². The smallest absolute Gasteiger partial charge is 0.478 e. The predicted molar refractivity (Wildman–Crippen MR) is 47.8 cm³/mol. The van der Waals surface area contributed by atoms with Crippen LogP contribution < -0.4 is 4.74 Å². The molecule has 18 heavy (non-hydrogen) atoms. The molecular weight excluding hydrogens is 289 g/mol. The predicted octanol–water partition coefficient (Wildman–Crippen LogP) is 3.27. The van der Waals surface area contributed by atoms with Crippen LogP contribution in [0.1, 0.15) is 22.3 Å². The number of carboxylic acids is 1. The van der Waals surface area contributed by atoms with Crippen LogP contribution in [0.4, 0.5) is 22.0 Å². The number of halogens is 6. The molecule has 0 aliphatic carbocycles. The first-order valence-electron chi connectivity index (χ1n) is 4.09. The highest BCUT2D eigenvalue weighted by Crippen LogP contribution is 2.37. The summed E-state index contributed by atoms with van der Waals surface area (Å²) in [6, 6.07) is 0. The van der Waals surface area contributed by atoms with Crippen LogP contribution in [0.5, 0.6) is 5.88 Å². The number of nitrogens with zero attached hydrogens (tertiary/aromatic N) is 1. The molecule has 0 aliphatic heterocycles. The van der Waals surface area contributed by atoms with Gasteiger partial charge in [0.05, 0.1) is 16.1 Å². The van der Waals surface area contributed by atoms with Crippen molar-refractivity contribution in [3.8, 4) is 5.88 Å². The van der Waals surface area contributed by atoms with Gasteiger partial charge < -0.3 is 9.84 Å². The van der Waals surface area contributed by atoms with Crippen LogP contribution in [0.15, 0.2) is 6.20 Å². The van der Waals surface area contributed by atoms with E-state index in [0.717, 1.165) is 0 Å². The van der Waals surface area contributed by atoms with Gasteiger partial charge in [-0.1, -0.05) is 11.6 Å². The minimum Gasteiger partial charge on any atom is -0.478 e. The molecule has 0 saturated carbocycles. The minimum atomic E-state index is -5.25. The Balaban J connectivity index is 3.37. The number of aromatic carboxylic acids is 1. The van der Waals surface area contributed by atoms with E-state index < -0.39 is 40.8 Å². The zero-order valence-corrected chi connectivity index (χ0v) is 8.89. The molecule has 10 heteroatoms. The van der Waals surface area contributed by atoms with Crippen molar-refractivity contribution in [3.05, 3.63) is 22.3 Å². The van der Waals surface area contributed by atoms with E-state index in [1.54, 1.807) is 0 Å². The summed E-state index contributed by atoms with van der Waals surface area (Å²) >= 11 is 5.28. The van der Waals surface area contributed by atoms with Crippen LogP contribution in [0, 0.1) is 0 Å². The summed E-state index contributed by atoms with van der Waals surface area (Å²) in [5, 5.41) is 7.51. The molecule has 0 bridgehead atoms. The molecule has 1 heterocycles. The van der Waals surface area contributed by atoms with Crippen LogP contribution in [0.25, 0.3) is 0 Å². The number of rotatable bonds is 3. The van der Waals surface area contributed by atoms with Crippen LogP contribution in [0.2, 0.25) is 5.02 Å². The van der Waals surface area contributed by atoms with E-state index in [9.17, 15) is 26.7 Å². The fourth-order valence-electron chi connectivity index (χ4n) is 1.02. The van der Waals surface area contributed by atoms with Crippen molar-refractivity contribution >= 4 is 17.6 Å². The SMILES string of the molecule is O=C(O)c1cnc(OC(F)(F)F)c(C(F)F)c1Cl. The maximum absolute atomic E-state index is 12.5. The van der Waals surface area contributed by atoms with Crippen LogP contribution in [0.3, 0.4) is 0 Å². The van der Waals surface area contributed by atoms with Gasteiger partial charge in [0.15, 0.2) is 0 Å². The number of hydrogen-bond acceptors (Lipinski definition) is 3. The highest BCUT2D eigenvalue weighted by Gasteiger charge is 2.36. The summed E-state index contributed by atoms with van der Waals surface area (Å²) in [7, 11) is 0. The summed E-state index contributed by atoms with van der Waals surface area (Å²) in [4.78, 5) is 13.4. The molecule has 4 nitrogen and oxygen atoms in total. The standard InChI is InChI=1S/C8H3ClF5NO3/c9-4-2(7(16)17)1-15-6(3(4)5(10)11)18-8(12,13)14/h1,5H,(H,16,17). The molecule has 0 amide bonds. The first-order chi connectivity index (χ1) is 8.13. The monoisotopic (exact) mass is 291 g/mol. The molecule has 0 atom stereocenters. The lowest BCUT2D eigenvalue weighted by molar-refractivity contribution is -0.276. The fourth-order valence-corrected chi connectivity index (χ4v) is 1.31. The largest absolute Gasteiger partial charge is 0.574 e. The number of carbonyl (C=O) groups is 1. The van der Waals surface area contributed by atoms with Crippen molar-refractivity contribution in [3.63, 3.8) is 0 Å². The third-order valence-electron chi connectivity index (χ3n) is 1.68. The third-order valence-corrected chi connectivity index (χ3v) is 2.08. The Labute approximate surface area is 101 Å². The van der Waals surface area contributed by atoms with E-state index in [2.05, 4.69) is 9.72 Å². The number of ether oxygens (including phenoxy) is 1. The number of aromatic nitrogens is 1. The Morgan fingerprint density at radius 1 is 1.44 bits per heavy atom. The second-order valence-corrected chi connectivity index (χ2v) is 3.24. The van der Waals surface area contributed by atoms with Gasteiger partial charge in [-0.2, -0.15) is 0 Å². The Kier molecular flexibility index (Phi) is 3.95. The third kappa shape index (κ3) is 3.19. The second kappa shape index (κ2) is 4.92. The molecule has 0 aliphatic rings. The lowest BCUT2D eigenvalue weighted by Crippen LogP contribution is -2.19. The molecule has 0 radical (unpaired) electrons. The quantitative estimate of drug-likeness (QED) is 0.868. The molecule has 1 N–H and O–H groups in total. The van der Waals surface area contributed by atoms with Crippen molar-refractivity contribution in [1.29, 1.82) is 0 Å². The molecule has 0 saturated heterocycles. The number of pyridine rings is 1. The summed E-state index contributed by atoms with van der Waals surface area (Å²) in [6.07, 6.45) is -8.32. The molecule has 0 aromatic carbocycles. The van der Waals surface area contributed by atoms with E-state index in [1.165, 1.54) is 0 Å². The van der Waals surface area contributed by atoms with Gasteiger partial charge in [-0.05, 0) is 0 Å². The van der Waals surface area contributed by atoms with Crippen molar-refractivity contribution in [2.24, 2.45) is 0 Å². The van der Waals surface area contributed by atoms with E-state index in [1.807, 2.05) is 0 Å². The summed E-state index contributed by atoms with van der Waals surface area (Å²) in [5.41, 5.74) is -2.27. The van der Waals surface area contributed by atoms with Crippen molar-refractivity contribution in [2.75, 3.05) is 0 Å². The van der Waals surface area contributed by atoms with Gasteiger partial charge in [-0.15, -0.1) is 13.2 Å². The average Bonchev–Trinajstić information content (AvgIpc) is 2.13. The normalized spacial score (nSPS) is 11.7.